The van der Waals surface area contributed by atoms with Crippen LogP contribution in [0, 0.1) is 10.1 Å². The van der Waals surface area contributed by atoms with Crippen molar-refractivity contribution in [3.8, 4) is 5.75 Å². The zero-order chi connectivity index (χ0) is 15.4. The summed E-state index contributed by atoms with van der Waals surface area (Å²) in [6.45, 7) is 0.179. The molecule has 0 aliphatic rings. The fourth-order valence-electron chi connectivity index (χ4n) is 1.68. The summed E-state index contributed by atoms with van der Waals surface area (Å²) in [7, 11) is 1.76. The van der Waals surface area contributed by atoms with Crippen LogP contribution in [0.15, 0.2) is 34.9 Å². The molecule has 6 nitrogen and oxygen atoms in total. The first kappa shape index (κ1) is 15.5. The summed E-state index contributed by atoms with van der Waals surface area (Å²) >= 11 is 9.05. The van der Waals surface area contributed by atoms with Crippen molar-refractivity contribution in [3.63, 3.8) is 0 Å². The molecule has 0 radical (unpaired) electrons. The molecule has 0 bridgehead atoms. The average molecular weight is 373 g/mol. The summed E-state index contributed by atoms with van der Waals surface area (Å²) in [6, 6.07) is 6.38. The molecule has 0 amide bonds. The van der Waals surface area contributed by atoms with Crippen molar-refractivity contribution in [2.75, 3.05) is 12.4 Å². The van der Waals surface area contributed by atoms with E-state index >= 15 is 0 Å². The quantitative estimate of drug-likeness (QED) is 0.633. The number of benzene rings is 1. The first-order chi connectivity index (χ1) is 10.0. The van der Waals surface area contributed by atoms with Gasteiger partial charge in [-0.3, -0.25) is 10.1 Å². The van der Waals surface area contributed by atoms with Crippen LogP contribution >= 0.6 is 27.5 Å². The van der Waals surface area contributed by atoms with E-state index in [1.807, 2.05) is 0 Å². The second-order valence-corrected chi connectivity index (χ2v) is 5.37. The van der Waals surface area contributed by atoms with E-state index in [9.17, 15) is 10.1 Å². The molecular formula is C13H11BrClN3O3. The van der Waals surface area contributed by atoms with Gasteiger partial charge >= 0.3 is 5.69 Å². The topological polar surface area (TPSA) is 77.3 Å². The second kappa shape index (κ2) is 6.73. The monoisotopic (exact) mass is 371 g/mol. The molecule has 0 unspecified atom stereocenters. The van der Waals surface area contributed by atoms with E-state index in [0.29, 0.717) is 10.3 Å². The van der Waals surface area contributed by atoms with Crippen molar-refractivity contribution in [1.29, 1.82) is 0 Å². The lowest BCUT2D eigenvalue weighted by molar-refractivity contribution is -0.386. The summed E-state index contributed by atoms with van der Waals surface area (Å²) in [5, 5.41) is 14.2. The predicted molar refractivity (Wildman–Crippen MR) is 83.9 cm³/mol. The zero-order valence-electron chi connectivity index (χ0n) is 11.0. The summed E-state index contributed by atoms with van der Waals surface area (Å²) < 4.78 is 6.00. The molecule has 1 N–H and O–H groups in total. The lowest BCUT2D eigenvalue weighted by atomic mass is 10.2. The molecule has 8 heteroatoms. The number of nitrogens with zero attached hydrogens (tertiary/aromatic N) is 2. The molecule has 0 aliphatic heterocycles. The van der Waals surface area contributed by atoms with Crippen molar-refractivity contribution >= 4 is 39.0 Å². The molecule has 1 aromatic carbocycles. The molecule has 0 aliphatic carbocycles. The molecule has 0 fully saturated rings. The van der Waals surface area contributed by atoms with E-state index in [4.69, 9.17) is 16.3 Å². The zero-order valence-corrected chi connectivity index (χ0v) is 13.3. The molecular weight excluding hydrogens is 362 g/mol. The first-order valence-corrected chi connectivity index (χ1v) is 7.07. The SMILES string of the molecule is CNc1cc(COc2c(Br)cc(Cl)cc2[N+](=O)[O-])ccn1. The van der Waals surface area contributed by atoms with Gasteiger partial charge in [0.15, 0.2) is 0 Å². The normalized spacial score (nSPS) is 10.2. The Hall–Kier alpha value is -1.86. The van der Waals surface area contributed by atoms with Crippen molar-refractivity contribution in [1.82, 2.24) is 4.98 Å². The smallest absolute Gasteiger partial charge is 0.313 e. The van der Waals surface area contributed by atoms with E-state index in [-0.39, 0.29) is 23.1 Å². The molecule has 0 saturated heterocycles. The number of rotatable bonds is 5. The third-order valence-corrected chi connectivity index (χ3v) is 3.46. The highest BCUT2D eigenvalue weighted by atomic mass is 79.9. The average Bonchev–Trinajstić information content (AvgIpc) is 2.45. The lowest BCUT2D eigenvalue weighted by Crippen LogP contribution is -2.01. The van der Waals surface area contributed by atoms with Crippen LogP contribution in [0.5, 0.6) is 5.75 Å². The highest BCUT2D eigenvalue weighted by Gasteiger charge is 2.20. The van der Waals surface area contributed by atoms with Crippen molar-refractivity contribution in [2.45, 2.75) is 6.61 Å². The molecule has 110 valence electrons. The summed E-state index contributed by atoms with van der Waals surface area (Å²) in [5.74, 6) is 0.841. The van der Waals surface area contributed by atoms with E-state index in [1.165, 1.54) is 6.07 Å². The Bertz CT molecular complexity index is 682. The number of anilines is 1. The van der Waals surface area contributed by atoms with Crippen LogP contribution in [0.4, 0.5) is 11.5 Å². The molecule has 2 aromatic rings. The molecule has 21 heavy (non-hydrogen) atoms. The summed E-state index contributed by atoms with van der Waals surface area (Å²) in [5.41, 5.74) is 0.655. The van der Waals surface area contributed by atoms with Gasteiger partial charge < -0.3 is 10.1 Å². The van der Waals surface area contributed by atoms with Gasteiger partial charge in [-0.15, -0.1) is 0 Å². The Labute approximate surface area is 134 Å². The highest BCUT2D eigenvalue weighted by Crippen LogP contribution is 2.38. The number of nitrogens with one attached hydrogen (secondary N) is 1. The van der Waals surface area contributed by atoms with Gasteiger partial charge in [-0.25, -0.2) is 4.98 Å². The number of aromatic nitrogens is 1. The van der Waals surface area contributed by atoms with Gasteiger partial charge in [0.05, 0.1) is 9.40 Å². The van der Waals surface area contributed by atoms with E-state index in [2.05, 4.69) is 26.2 Å². The Morgan fingerprint density at radius 2 is 2.24 bits per heavy atom. The van der Waals surface area contributed by atoms with Gasteiger partial charge in [0.1, 0.15) is 12.4 Å². The second-order valence-electron chi connectivity index (χ2n) is 4.08. The van der Waals surface area contributed by atoms with Crippen LogP contribution in [0.2, 0.25) is 5.02 Å². The van der Waals surface area contributed by atoms with Crippen LogP contribution in [-0.4, -0.2) is 17.0 Å². The van der Waals surface area contributed by atoms with Crippen LogP contribution in [-0.2, 0) is 6.61 Å². The maximum Gasteiger partial charge on any atom is 0.313 e. The Kier molecular flexibility index (Phi) is 4.98. The van der Waals surface area contributed by atoms with E-state index in [0.717, 1.165) is 5.56 Å². The maximum atomic E-state index is 11.1. The van der Waals surface area contributed by atoms with Crippen LogP contribution in [0.25, 0.3) is 0 Å². The number of nitro benzene ring substituents is 1. The first-order valence-electron chi connectivity index (χ1n) is 5.90. The van der Waals surface area contributed by atoms with Crippen molar-refractivity contribution < 1.29 is 9.66 Å². The van der Waals surface area contributed by atoms with Crippen molar-refractivity contribution in [2.24, 2.45) is 0 Å². The third-order valence-electron chi connectivity index (χ3n) is 2.65. The lowest BCUT2D eigenvalue weighted by Gasteiger charge is -2.10. The van der Waals surface area contributed by atoms with Crippen LogP contribution in [0.3, 0.4) is 0 Å². The minimum absolute atomic E-state index is 0.146. The molecule has 0 spiro atoms. The highest BCUT2D eigenvalue weighted by molar-refractivity contribution is 9.10. The van der Waals surface area contributed by atoms with Crippen molar-refractivity contribution in [3.05, 3.63) is 55.6 Å². The van der Waals surface area contributed by atoms with E-state index < -0.39 is 4.92 Å². The van der Waals surface area contributed by atoms with Gasteiger partial charge in [-0.1, -0.05) is 11.6 Å². The third kappa shape index (κ3) is 3.83. The maximum absolute atomic E-state index is 11.1. The summed E-state index contributed by atoms with van der Waals surface area (Å²) in [6.07, 6.45) is 1.63. The number of hydrogen-bond donors (Lipinski definition) is 1. The molecule has 0 atom stereocenters. The molecule has 0 saturated carbocycles. The Morgan fingerprint density at radius 3 is 2.90 bits per heavy atom. The van der Waals surface area contributed by atoms with Gasteiger partial charge in [-0.2, -0.15) is 0 Å². The number of hydrogen-bond acceptors (Lipinski definition) is 5. The fraction of sp³-hybridized carbons (Fsp3) is 0.154. The van der Waals surface area contributed by atoms with Crippen LogP contribution in [0.1, 0.15) is 5.56 Å². The van der Waals surface area contributed by atoms with Gasteiger partial charge in [-0.05, 0) is 39.7 Å². The van der Waals surface area contributed by atoms with E-state index in [1.54, 1.807) is 31.4 Å². The largest absolute Gasteiger partial charge is 0.481 e. The number of halogens is 2. The van der Waals surface area contributed by atoms with Gasteiger partial charge in [0.25, 0.3) is 0 Å². The van der Waals surface area contributed by atoms with Gasteiger partial charge in [0.2, 0.25) is 5.75 Å². The molecule has 1 heterocycles. The van der Waals surface area contributed by atoms with Crippen LogP contribution < -0.4 is 10.1 Å². The Balaban J connectivity index is 2.25. The number of nitro groups is 1. The molecule has 1 aromatic heterocycles. The predicted octanol–water partition coefficient (Wildman–Crippen LogP) is 4.03. The summed E-state index contributed by atoms with van der Waals surface area (Å²) in [4.78, 5) is 14.6. The minimum Gasteiger partial charge on any atom is -0.481 e. The fourth-order valence-corrected chi connectivity index (χ4v) is 2.59. The molecule has 2 rings (SSSR count). The Morgan fingerprint density at radius 1 is 1.48 bits per heavy atom. The minimum atomic E-state index is -0.530. The standard InChI is InChI=1S/C13H11BrClN3O3/c1-16-12-4-8(2-3-17-12)7-21-13-10(14)5-9(15)6-11(13)18(19)20/h2-6H,7H2,1H3,(H,16,17). The number of ether oxygens (including phenoxy) is 1. The number of pyridine rings is 1. The van der Waals surface area contributed by atoms with Gasteiger partial charge in [0, 0.05) is 24.3 Å².